The minimum absolute atomic E-state index is 0.134. The fourth-order valence-corrected chi connectivity index (χ4v) is 2.97. The van der Waals surface area contributed by atoms with Gasteiger partial charge in [-0.15, -0.1) is 0 Å². The Morgan fingerprint density at radius 1 is 1.37 bits per heavy atom. The van der Waals surface area contributed by atoms with E-state index in [9.17, 15) is 4.79 Å². The maximum absolute atomic E-state index is 11.3. The third-order valence-corrected chi connectivity index (χ3v) is 4.15. The van der Waals surface area contributed by atoms with Crippen LogP contribution >= 0.6 is 0 Å². The number of rotatable bonds is 3. The predicted molar refractivity (Wildman–Crippen MR) is 76.1 cm³/mol. The topological polar surface area (TPSA) is 44.4 Å². The minimum atomic E-state index is 0.134. The van der Waals surface area contributed by atoms with Crippen LogP contribution in [0.4, 0.5) is 5.69 Å². The number of carbonyl (C=O) groups excluding carboxylic acids is 1. The number of fused-ring (bicyclic) bond motifs is 1. The summed E-state index contributed by atoms with van der Waals surface area (Å²) in [5, 5.41) is 6.34. The number of carbonyl (C=O) groups is 1. The molecule has 102 valence electrons. The van der Waals surface area contributed by atoms with Gasteiger partial charge in [-0.3, -0.25) is 9.69 Å². The van der Waals surface area contributed by atoms with Crippen molar-refractivity contribution in [3.05, 3.63) is 29.3 Å². The molecule has 2 N–H and O–H groups in total. The van der Waals surface area contributed by atoms with Gasteiger partial charge in [-0.1, -0.05) is 12.1 Å². The Kier molecular flexibility index (Phi) is 3.53. The zero-order chi connectivity index (χ0) is 13.2. The van der Waals surface area contributed by atoms with Crippen molar-refractivity contribution in [1.29, 1.82) is 0 Å². The Morgan fingerprint density at radius 3 is 3.05 bits per heavy atom. The minimum Gasteiger partial charge on any atom is -0.326 e. The molecular weight excluding hydrogens is 238 g/mol. The lowest BCUT2D eigenvalue weighted by molar-refractivity contribution is -0.116. The van der Waals surface area contributed by atoms with E-state index in [0.29, 0.717) is 12.5 Å². The van der Waals surface area contributed by atoms with Crippen molar-refractivity contribution in [3.8, 4) is 0 Å². The van der Waals surface area contributed by atoms with Crippen LogP contribution in [0.5, 0.6) is 0 Å². The van der Waals surface area contributed by atoms with E-state index in [-0.39, 0.29) is 5.91 Å². The van der Waals surface area contributed by atoms with Crippen molar-refractivity contribution in [2.24, 2.45) is 0 Å². The molecule has 3 rings (SSSR count). The second-order valence-corrected chi connectivity index (χ2v) is 5.60. The number of anilines is 1. The molecule has 2 heterocycles. The molecule has 0 radical (unpaired) electrons. The van der Waals surface area contributed by atoms with Crippen molar-refractivity contribution in [1.82, 2.24) is 10.2 Å². The molecule has 1 unspecified atom stereocenters. The molecule has 2 aliphatic rings. The SMILES string of the molecule is CN(Cc1ccc2c(c1)CCC(=O)N2)C1CCNC1. The average molecular weight is 259 g/mol. The highest BCUT2D eigenvalue weighted by Crippen LogP contribution is 2.24. The van der Waals surface area contributed by atoms with Crippen molar-refractivity contribution in [2.45, 2.75) is 31.8 Å². The van der Waals surface area contributed by atoms with Gasteiger partial charge in [0.05, 0.1) is 0 Å². The molecule has 4 heteroatoms. The summed E-state index contributed by atoms with van der Waals surface area (Å²) < 4.78 is 0. The summed E-state index contributed by atoms with van der Waals surface area (Å²) in [5.74, 6) is 0.134. The van der Waals surface area contributed by atoms with Gasteiger partial charge in [0.25, 0.3) is 0 Å². The van der Waals surface area contributed by atoms with E-state index in [2.05, 4.69) is 34.7 Å². The Morgan fingerprint density at radius 2 is 2.26 bits per heavy atom. The molecule has 0 aliphatic carbocycles. The largest absolute Gasteiger partial charge is 0.326 e. The van der Waals surface area contributed by atoms with Crippen molar-refractivity contribution in [3.63, 3.8) is 0 Å². The molecule has 0 aromatic heterocycles. The van der Waals surface area contributed by atoms with E-state index in [1.807, 2.05) is 6.07 Å². The second-order valence-electron chi connectivity index (χ2n) is 5.60. The number of hydrogen-bond acceptors (Lipinski definition) is 3. The summed E-state index contributed by atoms with van der Waals surface area (Å²) in [6.45, 7) is 3.20. The van der Waals surface area contributed by atoms with Crippen LogP contribution in [0, 0.1) is 0 Å². The highest BCUT2D eigenvalue weighted by Gasteiger charge is 2.20. The zero-order valence-corrected chi connectivity index (χ0v) is 11.4. The Bertz CT molecular complexity index is 480. The maximum Gasteiger partial charge on any atom is 0.224 e. The van der Waals surface area contributed by atoms with Crippen LogP contribution in [0.15, 0.2) is 18.2 Å². The zero-order valence-electron chi connectivity index (χ0n) is 11.4. The highest BCUT2D eigenvalue weighted by molar-refractivity contribution is 5.93. The molecule has 1 fully saturated rings. The van der Waals surface area contributed by atoms with Gasteiger partial charge in [0, 0.05) is 31.2 Å². The van der Waals surface area contributed by atoms with Gasteiger partial charge in [-0.2, -0.15) is 0 Å². The maximum atomic E-state index is 11.3. The van der Waals surface area contributed by atoms with Gasteiger partial charge < -0.3 is 10.6 Å². The Hall–Kier alpha value is -1.39. The summed E-state index contributed by atoms with van der Waals surface area (Å²) in [5.41, 5.74) is 3.60. The van der Waals surface area contributed by atoms with Gasteiger partial charge in [0.15, 0.2) is 0 Å². The van der Waals surface area contributed by atoms with E-state index in [1.54, 1.807) is 0 Å². The first kappa shape index (κ1) is 12.6. The molecule has 1 saturated heterocycles. The van der Waals surface area contributed by atoms with Crippen LogP contribution in [-0.2, 0) is 17.8 Å². The van der Waals surface area contributed by atoms with E-state index < -0.39 is 0 Å². The average Bonchev–Trinajstić information content (AvgIpc) is 2.93. The molecule has 0 saturated carbocycles. The summed E-state index contributed by atoms with van der Waals surface area (Å²) in [6, 6.07) is 7.06. The number of amides is 1. The quantitative estimate of drug-likeness (QED) is 0.861. The van der Waals surface area contributed by atoms with E-state index in [1.165, 1.54) is 17.5 Å². The Labute approximate surface area is 114 Å². The number of aryl methyl sites for hydroxylation is 1. The summed E-state index contributed by atoms with van der Waals surface area (Å²) in [4.78, 5) is 13.8. The van der Waals surface area contributed by atoms with E-state index >= 15 is 0 Å². The van der Waals surface area contributed by atoms with Crippen LogP contribution in [0.3, 0.4) is 0 Å². The van der Waals surface area contributed by atoms with Crippen LogP contribution in [-0.4, -0.2) is 37.0 Å². The lowest BCUT2D eigenvalue weighted by Crippen LogP contribution is -2.32. The van der Waals surface area contributed by atoms with E-state index in [0.717, 1.165) is 31.7 Å². The number of likely N-dealkylation sites (N-methyl/N-ethyl adjacent to an activating group) is 1. The molecule has 1 aromatic rings. The predicted octanol–water partition coefficient (Wildman–Crippen LogP) is 1.36. The molecule has 1 atom stereocenters. The van der Waals surface area contributed by atoms with Gasteiger partial charge in [0.2, 0.25) is 5.91 Å². The van der Waals surface area contributed by atoms with Crippen LogP contribution in [0.25, 0.3) is 0 Å². The van der Waals surface area contributed by atoms with Crippen LogP contribution in [0.1, 0.15) is 24.0 Å². The molecule has 0 spiro atoms. The lowest BCUT2D eigenvalue weighted by Gasteiger charge is -2.24. The van der Waals surface area contributed by atoms with Gasteiger partial charge in [0.1, 0.15) is 0 Å². The first-order chi connectivity index (χ1) is 9.22. The first-order valence-corrected chi connectivity index (χ1v) is 7.05. The van der Waals surface area contributed by atoms with E-state index in [4.69, 9.17) is 0 Å². The molecule has 1 amide bonds. The summed E-state index contributed by atoms with van der Waals surface area (Å²) >= 11 is 0. The molecule has 4 nitrogen and oxygen atoms in total. The first-order valence-electron chi connectivity index (χ1n) is 7.05. The van der Waals surface area contributed by atoms with Crippen LogP contribution in [0.2, 0.25) is 0 Å². The molecule has 19 heavy (non-hydrogen) atoms. The van der Waals surface area contributed by atoms with Crippen LogP contribution < -0.4 is 10.6 Å². The Balaban J connectivity index is 1.70. The van der Waals surface area contributed by atoms with Gasteiger partial charge >= 0.3 is 0 Å². The molecule has 1 aromatic carbocycles. The van der Waals surface area contributed by atoms with Gasteiger partial charge in [-0.05, 0) is 43.6 Å². The van der Waals surface area contributed by atoms with Gasteiger partial charge in [-0.25, -0.2) is 0 Å². The number of nitrogens with zero attached hydrogens (tertiary/aromatic N) is 1. The second kappa shape index (κ2) is 5.31. The van der Waals surface area contributed by atoms with Crippen molar-refractivity contribution in [2.75, 3.05) is 25.5 Å². The molecule has 0 bridgehead atoms. The number of benzene rings is 1. The lowest BCUT2D eigenvalue weighted by atomic mass is 10.00. The van der Waals surface area contributed by atoms with Crippen molar-refractivity contribution < 1.29 is 4.79 Å². The molecule has 2 aliphatic heterocycles. The smallest absolute Gasteiger partial charge is 0.224 e. The third kappa shape index (κ3) is 2.80. The standard InChI is InChI=1S/C15H21N3O/c1-18(13-6-7-16-9-13)10-11-2-4-14-12(8-11)3-5-15(19)17-14/h2,4,8,13,16H,3,5-7,9-10H2,1H3,(H,17,19). The fourth-order valence-electron chi connectivity index (χ4n) is 2.97. The third-order valence-electron chi connectivity index (χ3n) is 4.15. The number of hydrogen-bond donors (Lipinski definition) is 2. The van der Waals surface area contributed by atoms with Crippen molar-refractivity contribution >= 4 is 11.6 Å². The highest BCUT2D eigenvalue weighted by atomic mass is 16.1. The fraction of sp³-hybridized carbons (Fsp3) is 0.533. The molecular formula is C15H21N3O. The number of nitrogens with one attached hydrogen (secondary N) is 2. The summed E-state index contributed by atoms with van der Waals surface area (Å²) in [6.07, 6.45) is 2.71. The normalized spacial score (nSPS) is 22.4. The summed E-state index contributed by atoms with van der Waals surface area (Å²) in [7, 11) is 2.19. The monoisotopic (exact) mass is 259 g/mol.